The van der Waals surface area contributed by atoms with E-state index in [1.54, 1.807) is 13.1 Å². The number of aliphatic imine (C=N–C) groups is 1. The molecule has 3 rings (SSSR count). The van der Waals surface area contributed by atoms with E-state index in [-0.39, 0.29) is 35.5 Å². The molecule has 2 N–H and O–H groups in total. The molecule has 26 heavy (non-hydrogen) atoms. The molecule has 146 valence electrons. The van der Waals surface area contributed by atoms with E-state index < -0.39 is 11.7 Å². The second-order valence-electron chi connectivity index (χ2n) is 6.80. The molecule has 2 fully saturated rings. The third-order valence-corrected chi connectivity index (χ3v) is 4.99. The number of rotatable bonds is 5. The topological polar surface area (TPSA) is 45.7 Å². The third-order valence-electron chi connectivity index (χ3n) is 4.99. The fourth-order valence-corrected chi connectivity index (χ4v) is 3.23. The van der Waals surface area contributed by atoms with Gasteiger partial charge in [-0.2, -0.15) is 13.2 Å². The van der Waals surface area contributed by atoms with Crippen LogP contribution in [0.25, 0.3) is 0 Å². The van der Waals surface area contributed by atoms with Gasteiger partial charge in [-0.1, -0.05) is 18.2 Å². The summed E-state index contributed by atoms with van der Waals surface area (Å²) in [7, 11) is 1.69. The SMILES string of the molecule is CN=C(NCC1CCCO1)NCC1(c2cccc(C(F)(F)F)c2)CC1.I. The Morgan fingerprint density at radius 2 is 2.08 bits per heavy atom. The number of hydrogen-bond acceptors (Lipinski definition) is 2. The molecule has 1 atom stereocenters. The minimum atomic E-state index is -4.31. The normalized spacial score (nSPS) is 21.8. The largest absolute Gasteiger partial charge is 0.416 e. The van der Waals surface area contributed by atoms with Crippen molar-refractivity contribution >= 4 is 29.9 Å². The average Bonchev–Trinajstić information content (AvgIpc) is 3.21. The number of guanidine groups is 1. The van der Waals surface area contributed by atoms with E-state index in [2.05, 4.69) is 15.6 Å². The van der Waals surface area contributed by atoms with Crippen molar-refractivity contribution < 1.29 is 17.9 Å². The molecule has 1 unspecified atom stereocenters. The van der Waals surface area contributed by atoms with Gasteiger partial charge in [0.05, 0.1) is 11.7 Å². The first kappa shape index (κ1) is 21.3. The van der Waals surface area contributed by atoms with Crippen LogP contribution in [0.5, 0.6) is 0 Å². The smallest absolute Gasteiger partial charge is 0.376 e. The molecule has 0 spiro atoms. The minimum absolute atomic E-state index is 0. The standard InChI is InChI=1S/C18H24F3N3O.HI/c1-22-16(23-11-15-6-3-9-25-15)24-12-17(7-8-17)13-4-2-5-14(10-13)18(19,20)21;/h2,4-5,10,15H,3,6-9,11-12H2,1H3,(H2,22,23,24);1H. The molecule has 1 heterocycles. The zero-order valence-corrected chi connectivity index (χ0v) is 17.1. The van der Waals surface area contributed by atoms with E-state index in [1.807, 2.05) is 0 Å². The third kappa shape index (κ3) is 5.25. The summed E-state index contributed by atoms with van der Waals surface area (Å²) in [5.74, 6) is 0.661. The van der Waals surface area contributed by atoms with Gasteiger partial charge in [-0.25, -0.2) is 0 Å². The molecule has 0 bridgehead atoms. The summed E-state index contributed by atoms with van der Waals surface area (Å²) in [5.41, 5.74) is -0.0792. The highest BCUT2D eigenvalue weighted by atomic mass is 127. The van der Waals surface area contributed by atoms with Crippen LogP contribution >= 0.6 is 24.0 Å². The van der Waals surface area contributed by atoms with Gasteiger partial charge in [0.2, 0.25) is 0 Å². The van der Waals surface area contributed by atoms with Crippen LogP contribution in [0.3, 0.4) is 0 Å². The second-order valence-corrected chi connectivity index (χ2v) is 6.80. The molecular formula is C18H25F3IN3O. The molecule has 1 aromatic carbocycles. The average molecular weight is 483 g/mol. The molecule has 1 saturated carbocycles. The fourth-order valence-electron chi connectivity index (χ4n) is 3.23. The van der Waals surface area contributed by atoms with Gasteiger partial charge in [0, 0.05) is 32.2 Å². The van der Waals surface area contributed by atoms with Crippen molar-refractivity contribution in [3.05, 3.63) is 35.4 Å². The molecule has 0 aromatic heterocycles. The lowest BCUT2D eigenvalue weighted by Crippen LogP contribution is -2.43. The summed E-state index contributed by atoms with van der Waals surface area (Å²) in [6.07, 6.45) is -0.223. The van der Waals surface area contributed by atoms with Crippen LogP contribution < -0.4 is 10.6 Å². The molecule has 0 radical (unpaired) electrons. The Bertz CT molecular complexity index is 626. The van der Waals surface area contributed by atoms with Gasteiger partial charge >= 0.3 is 6.18 Å². The summed E-state index contributed by atoms with van der Waals surface area (Å²) in [5, 5.41) is 6.49. The summed E-state index contributed by atoms with van der Waals surface area (Å²) >= 11 is 0. The summed E-state index contributed by atoms with van der Waals surface area (Å²) in [4.78, 5) is 4.19. The van der Waals surface area contributed by atoms with Crippen molar-refractivity contribution in [1.82, 2.24) is 10.6 Å². The highest BCUT2D eigenvalue weighted by molar-refractivity contribution is 14.0. The van der Waals surface area contributed by atoms with E-state index in [9.17, 15) is 13.2 Å². The van der Waals surface area contributed by atoms with E-state index in [4.69, 9.17) is 4.74 Å². The Kier molecular flexibility index (Phi) is 7.18. The maximum atomic E-state index is 12.9. The summed E-state index contributed by atoms with van der Waals surface area (Å²) < 4.78 is 44.4. The predicted octanol–water partition coefficient (Wildman–Crippen LogP) is 3.70. The first-order valence-corrected chi connectivity index (χ1v) is 8.67. The zero-order valence-electron chi connectivity index (χ0n) is 14.7. The van der Waals surface area contributed by atoms with Crippen molar-refractivity contribution in [2.75, 3.05) is 26.7 Å². The predicted molar refractivity (Wildman–Crippen MR) is 106 cm³/mol. The fraction of sp³-hybridized carbons (Fsp3) is 0.611. The second kappa shape index (κ2) is 8.77. The maximum Gasteiger partial charge on any atom is 0.416 e. The van der Waals surface area contributed by atoms with E-state index in [0.29, 0.717) is 19.0 Å². The van der Waals surface area contributed by atoms with Crippen molar-refractivity contribution in [3.63, 3.8) is 0 Å². The van der Waals surface area contributed by atoms with Gasteiger partial charge in [0.15, 0.2) is 5.96 Å². The van der Waals surface area contributed by atoms with Gasteiger partial charge in [0.1, 0.15) is 0 Å². The van der Waals surface area contributed by atoms with Crippen LogP contribution in [0.4, 0.5) is 13.2 Å². The molecule has 4 nitrogen and oxygen atoms in total. The lowest BCUT2D eigenvalue weighted by molar-refractivity contribution is -0.137. The van der Waals surface area contributed by atoms with E-state index in [1.165, 1.54) is 12.1 Å². The van der Waals surface area contributed by atoms with Gasteiger partial charge < -0.3 is 15.4 Å². The van der Waals surface area contributed by atoms with Crippen LogP contribution in [0, 0.1) is 0 Å². The Morgan fingerprint density at radius 3 is 2.65 bits per heavy atom. The van der Waals surface area contributed by atoms with Gasteiger partial charge in [-0.15, -0.1) is 24.0 Å². The first-order chi connectivity index (χ1) is 11.9. The van der Waals surface area contributed by atoms with Crippen LogP contribution in [-0.4, -0.2) is 38.8 Å². The lowest BCUT2D eigenvalue weighted by Gasteiger charge is -2.21. The van der Waals surface area contributed by atoms with Gasteiger partial charge in [-0.3, -0.25) is 4.99 Å². The summed E-state index contributed by atoms with van der Waals surface area (Å²) in [6.45, 7) is 2.06. The van der Waals surface area contributed by atoms with Crippen LogP contribution in [0.1, 0.15) is 36.8 Å². The Balaban J connectivity index is 0.00000243. The zero-order chi connectivity index (χ0) is 17.9. The number of hydrogen-bond donors (Lipinski definition) is 2. The number of halogens is 4. The van der Waals surface area contributed by atoms with Crippen molar-refractivity contribution in [3.8, 4) is 0 Å². The highest BCUT2D eigenvalue weighted by Crippen LogP contribution is 2.48. The Morgan fingerprint density at radius 1 is 1.31 bits per heavy atom. The number of nitrogens with zero attached hydrogens (tertiary/aromatic N) is 1. The molecule has 1 saturated heterocycles. The molecule has 1 aromatic rings. The number of ether oxygens (including phenoxy) is 1. The molecule has 1 aliphatic heterocycles. The molecule has 2 aliphatic rings. The summed E-state index contributed by atoms with van der Waals surface area (Å²) in [6, 6.07) is 5.67. The Labute approximate surface area is 169 Å². The monoisotopic (exact) mass is 483 g/mol. The van der Waals surface area contributed by atoms with Gasteiger partial charge in [0.25, 0.3) is 0 Å². The van der Waals surface area contributed by atoms with Crippen LogP contribution in [0.15, 0.2) is 29.3 Å². The highest BCUT2D eigenvalue weighted by Gasteiger charge is 2.45. The van der Waals surface area contributed by atoms with Crippen LogP contribution in [0.2, 0.25) is 0 Å². The minimum Gasteiger partial charge on any atom is -0.376 e. The first-order valence-electron chi connectivity index (χ1n) is 8.67. The van der Waals surface area contributed by atoms with Crippen LogP contribution in [-0.2, 0) is 16.3 Å². The molecule has 1 aliphatic carbocycles. The van der Waals surface area contributed by atoms with E-state index in [0.717, 1.165) is 43.9 Å². The quantitative estimate of drug-likeness (QED) is 0.382. The lowest BCUT2D eigenvalue weighted by atomic mass is 9.94. The molecular weight excluding hydrogens is 458 g/mol. The van der Waals surface area contributed by atoms with Crippen molar-refractivity contribution in [2.24, 2.45) is 4.99 Å². The van der Waals surface area contributed by atoms with Crippen molar-refractivity contribution in [1.29, 1.82) is 0 Å². The van der Waals surface area contributed by atoms with Gasteiger partial charge in [-0.05, 0) is 37.3 Å². The number of benzene rings is 1. The van der Waals surface area contributed by atoms with E-state index >= 15 is 0 Å². The molecule has 0 amide bonds. The van der Waals surface area contributed by atoms with Crippen molar-refractivity contribution in [2.45, 2.75) is 43.4 Å². The number of alkyl halides is 3. The maximum absolute atomic E-state index is 12.9. The molecule has 8 heteroatoms. The Hall–Kier alpha value is -1.03. The number of nitrogens with one attached hydrogen (secondary N) is 2.